The first-order chi connectivity index (χ1) is 11.8. The van der Waals surface area contributed by atoms with Crippen LogP contribution in [0.3, 0.4) is 0 Å². The highest BCUT2D eigenvalue weighted by Crippen LogP contribution is 2.35. The summed E-state index contributed by atoms with van der Waals surface area (Å²) in [7, 11) is 0. The molecule has 0 aliphatic heterocycles. The molecule has 0 bridgehead atoms. The van der Waals surface area contributed by atoms with E-state index in [-0.39, 0.29) is 6.61 Å². The monoisotopic (exact) mass is 345 g/mol. The second kappa shape index (κ2) is 7.04. The second-order valence-corrected chi connectivity index (χ2v) is 7.88. The van der Waals surface area contributed by atoms with Gasteiger partial charge < -0.3 is 9.84 Å². The zero-order valence-electron chi connectivity index (χ0n) is 15.2. The van der Waals surface area contributed by atoms with Gasteiger partial charge in [0.1, 0.15) is 5.60 Å². The Morgan fingerprint density at radius 2 is 2.04 bits per heavy atom. The molecular formula is C19H27N3O3. The number of aliphatic hydroxyl groups is 1. The Morgan fingerprint density at radius 3 is 2.68 bits per heavy atom. The van der Waals surface area contributed by atoms with Crippen molar-refractivity contribution in [2.75, 3.05) is 11.9 Å². The first kappa shape index (κ1) is 17.7. The van der Waals surface area contributed by atoms with E-state index in [1.807, 2.05) is 43.6 Å². The van der Waals surface area contributed by atoms with Crippen LogP contribution in [-0.4, -0.2) is 33.0 Å². The van der Waals surface area contributed by atoms with Gasteiger partial charge in [0.05, 0.1) is 11.2 Å². The fourth-order valence-corrected chi connectivity index (χ4v) is 3.35. The molecular weight excluding hydrogens is 318 g/mol. The normalized spacial score (nSPS) is 21.3. The van der Waals surface area contributed by atoms with Crippen LogP contribution in [0.25, 0.3) is 5.52 Å². The van der Waals surface area contributed by atoms with Crippen molar-refractivity contribution in [3.05, 3.63) is 30.1 Å². The summed E-state index contributed by atoms with van der Waals surface area (Å²) < 4.78 is 7.12. The number of carbonyl (C=O) groups excluding carboxylic acids is 1. The van der Waals surface area contributed by atoms with E-state index in [9.17, 15) is 9.90 Å². The minimum atomic E-state index is -0.522. The van der Waals surface area contributed by atoms with Crippen LogP contribution in [0.5, 0.6) is 0 Å². The van der Waals surface area contributed by atoms with Crippen molar-refractivity contribution in [1.82, 2.24) is 9.61 Å². The van der Waals surface area contributed by atoms with E-state index in [0.29, 0.717) is 17.5 Å². The minimum absolute atomic E-state index is 0.289. The molecule has 0 radical (unpaired) electrons. The molecule has 1 amide bonds. The minimum Gasteiger partial charge on any atom is -0.444 e. The van der Waals surface area contributed by atoms with Crippen molar-refractivity contribution in [3.8, 4) is 0 Å². The molecule has 25 heavy (non-hydrogen) atoms. The quantitative estimate of drug-likeness (QED) is 0.883. The van der Waals surface area contributed by atoms with Crippen molar-refractivity contribution >= 4 is 17.3 Å². The number of carbonyl (C=O) groups is 1. The zero-order chi connectivity index (χ0) is 18.0. The van der Waals surface area contributed by atoms with E-state index in [1.54, 1.807) is 0 Å². The Labute approximate surface area is 148 Å². The summed E-state index contributed by atoms with van der Waals surface area (Å²) in [5, 5.41) is 16.7. The molecule has 1 fully saturated rings. The van der Waals surface area contributed by atoms with Gasteiger partial charge in [-0.2, -0.15) is 5.10 Å². The predicted molar refractivity (Wildman–Crippen MR) is 96.8 cm³/mol. The summed E-state index contributed by atoms with van der Waals surface area (Å²) in [4.78, 5) is 11.9. The van der Waals surface area contributed by atoms with Crippen molar-refractivity contribution in [3.63, 3.8) is 0 Å². The van der Waals surface area contributed by atoms with Gasteiger partial charge in [-0.3, -0.25) is 5.32 Å². The Kier molecular flexibility index (Phi) is 4.99. The summed E-state index contributed by atoms with van der Waals surface area (Å²) in [6, 6.07) is 5.81. The van der Waals surface area contributed by atoms with E-state index in [4.69, 9.17) is 4.74 Å². The van der Waals surface area contributed by atoms with Gasteiger partial charge in [0.15, 0.2) is 0 Å². The van der Waals surface area contributed by atoms with Crippen LogP contribution in [0.1, 0.15) is 58.1 Å². The molecule has 0 unspecified atom stereocenters. The van der Waals surface area contributed by atoms with E-state index in [0.717, 1.165) is 36.9 Å². The molecule has 2 N–H and O–H groups in total. The van der Waals surface area contributed by atoms with Crippen LogP contribution in [0.2, 0.25) is 0 Å². The molecule has 6 heteroatoms. The maximum absolute atomic E-state index is 11.9. The summed E-state index contributed by atoms with van der Waals surface area (Å²) >= 11 is 0. The number of hydrogen-bond acceptors (Lipinski definition) is 4. The van der Waals surface area contributed by atoms with Crippen molar-refractivity contribution < 1.29 is 14.6 Å². The standard InChI is InChI=1S/C19H27N3O3/c1-19(2,3)25-18(24)20-15-8-9-22-16(10-15)11-17(21-22)14-6-4-13(12-23)5-7-14/h8-11,13-14,23H,4-7,12H2,1-3H3,(H,20,24)/t13-,14-. The van der Waals surface area contributed by atoms with Crippen LogP contribution < -0.4 is 5.32 Å². The summed E-state index contributed by atoms with van der Waals surface area (Å²) in [5.41, 5.74) is 2.21. The molecule has 1 aliphatic carbocycles. The zero-order valence-corrected chi connectivity index (χ0v) is 15.2. The number of nitrogens with zero attached hydrogens (tertiary/aromatic N) is 2. The van der Waals surface area contributed by atoms with Crippen LogP contribution in [0.15, 0.2) is 24.4 Å². The highest BCUT2D eigenvalue weighted by atomic mass is 16.6. The van der Waals surface area contributed by atoms with Gasteiger partial charge in [0, 0.05) is 24.4 Å². The average molecular weight is 345 g/mol. The number of pyridine rings is 1. The maximum atomic E-state index is 11.9. The lowest BCUT2D eigenvalue weighted by atomic mass is 9.81. The van der Waals surface area contributed by atoms with Gasteiger partial charge in [0.25, 0.3) is 0 Å². The summed E-state index contributed by atoms with van der Waals surface area (Å²) in [5.74, 6) is 0.892. The first-order valence-electron chi connectivity index (χ1n) is 8.94. The molecule has 6 nitrogen and oxygen atoms in total. The molecule has 2 heterocycles. The molecule has 2 aromatic heterocycles. The van der Waals surface area contributed by atoms with Gasteiger partial charge in [-0.25, -0.2) is 9.31 Å². The second-order valence-electron chi connectivity index (χ2n) is 7.88. The third-order valence-electron chi connectivity index (χ3n) is 4.65. The highest BCUT2D eigenvalue weighted by molar-refractivity contribution is 5.85. The Morgan fingerprint density at radius 1 is 1.32 bits per heavy atom. The van der Waals surface area contributed by atoms with E-state index in [1.165, 1.54) is 0 Å². The SMILES string of the molecule is CC(C)(C)OC(=O)Nc1ccn2nc([C@H]3CC[C@H](CO)CC3)cc2c1. The molecule has 2 aromatic rings. The van der Waals surface area contributed by atoms with Crippen LogP contribution >= 0.6 is 0 Å². The number of rotatable bonds is 3. The van der Waals surface area contributed by atoms with Gasteiger partial charge in [-0.05, 0) is 70.6 Å². The lowest BCUT2D eigenvalue weighted by molar-refractivity contribution is 0.0636. The number of fused-ring (bicyclic) bond motifs is 1. The lowest BCUT2D eigenvalue weighted by Gasteiger charge is -2.25. The van der Waals surface area contributed by atoms with Crippen molar-refractivity contribution in [1.29, 1.82) is 0 Å². The maximum Gasteiger partial charge on any atom is 0.412 e. The molecule has 1 aliphatic rings. The van der Waals surface area contributed by atoms with Crippen molar-refractivity contribution in [2.24, 2.45) is 5.92 Å². The molecule has 0 atom stereocenters. The third-order valence-corrected chi connectivity index (χ3v) is 4.65. The third kappa shape index (κ3) is 4.51. The van der Waals surface area contributed by atoms with Crippen LogP contribution in [-0.2, 0) is 4.74 Å². The first-order valence-corrected chi connectivity index (χ1v) is 8.94. The molecule has 0 saturated heterocycles. The Bertz CT molecular complexity index is 740. The lowest BCUT2D eigenvalue weighted by Crippen LogP contribution is -2.27. The highest BCUT2D eigenvalue weighted by Gasteiger charge is 2.24. The smallest absolute Gasteiger partial charge is 0.412 e. The van der Waals surface area contributed by atoms with E-state index >= 15 is 0 Å². The van der Waals surface area contributed by atoms with Crippen LogP contribution in [0, 0.1) is 5.92 Å². The number of aromatic nitrogens is 2. The fraction of sp³-hybridized carbons (Fsp3) is 0.579. The molecule has 0 spiro atoms. The van der Waals surface area contributed by atoms with Gasteiger partial charge >= 0.3 is 6.09 Å². The number of hydrogen-bond donors (Lipinski definition) is 2. The number of nitrogens with one attached hydrogen (secondary N) is 1. The van der Waals surface area contributed by atoms with Gasteiger partial charge in [-0.15, -0.1) is 0 Å². The van der Waals surface area contributed by atoms with Crippen molar-refractivity contribution in [2.45, 2.75) is 58.0 Å². The number of anilines is 1. The predicted octanol–water partition coefficient (Wildman–Crippen LogP) is 3.95. The molecule has 3 rings (SSSR count). The average Bonchev–Trinajstić information content (AvgIpc) is 2.96. The fourth-order valence-electron chi connectivity index (χ4n) is 3.35. The largest absolute Gasteiger partial charge is 0.444 e. The molecule has 0 aromatic carbocycles. The summed E-state index contributed by atoms with van der Waals surface area (Å²) in [6.45, 7) is 5.80. The van der Waals surface area contributed by atoms with Crippen LogP contribution in [0.4, 0.5) is 10.5 Å². The van der Waals surface area contributed by atoms with Gasteiger partial charge in [-0.1, -0.05) is 0 Å². The van der Waals surface area contributed by atoms with Gasteiger partial charge in [0.2, 0.25) is 0 Å². The molecule has 136 valence electrons. The Hall–Kier alpha value is -2.08. The van der Waals surface area contributed by atoms with E-state index in [2.05, 4.69) is 16.5 Å². The Balaban J connectivity index is 1.70. The number of aliphatic hydroxyl groups excluding tert-OH is 1. The van der Waals surface area contributed by atoms with E-state index < -0.39 is 11.7 Å². The summed E-state index contributed by atoms with van der Waals surface area (Å²) in [6.07, 6.45) is 5.64. The number of amides is 1. The number of ether oxygens (including phenoxy) is 1. The topological polar surface area (TPSA) is 75.9 Å². The molecule has 1 saturated carbocycles.